The standard InChI is InChI=1S/C16H25NO4/c18-15(13-3-1-2-4-14(13)16(19)20)17(12-5-6-12)9-11-7-8-21-10-11/h11-14H,1-10H2,(H,19,20). The van der Waals surface area contributed by atoms with Crippen molar-refractivity contribution >= 4 is 11.9 Å². The molecular formula is C16H25NO4. The molecule has 3 atom stereocenters. The Labute approximate surface area is 125 Å². The first-order valence-electron chi connectivity index (χ1n) is 8.28. The average Bonchev–Trinajstić information content (AvgIpc) is 3.20. The van der Waals surface area contributed by atoms with Gasteiger partial charge in [0.25, 0.3) is 0 Å². The van der Waals surface area contributed by atoms with Gasteiger partial charge in [0.15, 0.2) is 0 Å². The van der Waals surface area contributed by atoms with Crippen molar-refractivity contribution in [1.82, 2.24) is 4.90 Å². The molecule has 2 saturated carbocycles. The molecule has 0 aromatic heterocycles. The predicted molar refractivity (Wildman–Crippen MR) is 76.7 cm³/mol. The molecule has 3 fully saturated rings. The second-order valence-corrected chi connectivity index (χ2v) is 6.79. The van der Waals surface area contributed by atoms with Gasteiger partial charge < -0.3 is 14.7 Å². The van der Waals surface area contributed by atoms with Crippen LogP contribution in [0.4, 0.5) is 0 Å². The van der Waals surface area contributed by atoms with Crippen LogP contribution in [0.1, 0.15) is 44.9 Å². The number of hydrogen-bond donors (Lipinski definition) is 1. The zero-order valence-electron chi connectivity index (χ0n) is 12.5. The van der Waals surface area contributed by atoms with E-state index < -0.39 is 11.9 Å². The highest BCUT2D eigenvalue weighted by atomic mass is 16.5. The van der Waals surface area contributed by atoms with Crippen molar-refractivity contribution in [2.45, 2.75) is 51.0 Å². The topological polar surface area (TPSA) is 66.8 Å². The Hall–Kier alpha value is -1.10. The van der Waals surface area contributed by atoms with E-state index in [0.29, 0.717) is 18.4 Å². The van der Waals surface area contributed by atoms with Crippen LogP contribution in [0.2, 0.25) is 0 Å². The van der Waals surface area contributed by atoms with E-state index >= 15 is 0 Å². The first-order chi connectivity index (χ1) is 10.2. The minimum absolute atomic E-state index is 0.0940. The summed E-state index contributed by atoms with van der Waals surface area (Å²) in [4.78, 5) is 26.3. The van der Waals surface area contributed by atoms with Crippen LogP contribution in [0.25, 0.3) is 0 Å². The number of hydrogen-bond acceptors (Lipinski definition) is 3. The molecule has 21 heavy (non-hydrogen) atoms. The summed E-state index contributed by atoms with van der Waals surface area (Å²) in [5.74, 6) is -1.06. The van der Waals surface area contributed by atoms with E-state index in [0.717, 1.165) is 58.3 Å². The molecule has 5 nitrogen and oxygen atoms in total. The van der Waals surface area contributed by atoms with Gasteiger partial charge in [-0.25, -0.2) is 0 Å². The second kappa shape index (κ2) is 6.34. The van der Waals surface area contributed by atoms with Crippen molar-refractivity contribution in [3.63, 3.8) is 0 Å². The monoisotopic (exact) mass is 295 g/mol. The maximum Gasteiger partial charge on any atom is 0.307 e. The van der Waals surface area contributed by atoms with Crippen LogP contribution in [0.3, 0.4) is 0 Å². The highest BCUT2D eigenvalue weighted by molar-refractivity contribution is 5.85. The fourth-order valence-electron chi connectivity index (χ4n) is 3.75. The van der Waals surface area contributed by atoms with E-state index in [2.05, 4.69) is 0 Å². The molecule has 1 N–H and O–H groups in total. The summed E-state index contributed by atoms with van der Waals surface area (Å²) >= 11 is 0. The molecule has 1 aliphatic heterocycles. The van der Waals surface area contributed by atoms with Crippen LogP contribution in [0.5, 0.6) is 0 Å². The zero-order chi connectivity index (χ0) is 14.8. The van der Waals surface area contributed by atoms with Crippen LogP contribution < -0.4 is 0 Å². The van der Waals surface area contributed by atoms with Gasteiger partial charge in [-0.2, -0.15) is 0 Å². The maximum absolute atomic E-state index is 12.9. The Bertz CT molecular complexity index is 401. The molecule has 1 saturated heterocycles. The van der Waals surface area contributed by atoms with E-state index in [1.54, 1.807) is 0 Å². The molecule has 0 aromatic rings. The van der Waals surface area contributed by atoms with E-state index in [4.69, 9.17) is 4.74 Å². The Morgan fingerprint density at radius 3 is 2.33 bits per heavy atom. The largest absolute Gasteiger partial charge is 0.481 e. The van der Waals surface area contributed by atoms with E-state index in [1.807, 2.05) is 4.90 Å². The summed E-state index contributed by atoms with van der Waals surface area (Å²) in [6.07, 6.45) is 6.46. The first-order valence-corrected chi connectivity index (χ1v) is 8.28. The van der Waals surface area contributed by atoms with Gasteiger partial charge >= 0.3 is 5.97 Å². The van der Waals surface area contributed by atoms with Gasteiger partial charge in [0.1, 0.15) is 0 Å². The van der Waals surface area contributed by atoms with Gasteiger partial charge in [-0.3, -0.25) is 9.59 Å². The fraction of sp³-hybridized carbons (Fsp3) is 0.875. The minimum Gasteiger partial charge on any atom is -0.481 e. The number of aliphatic carboxylic acids is 1. The first kappa shape index (κ1) is 14.8. The van der Waals surface area contributed by atoms with Crippen molar-refractivity contribution in [1.29, 1.82) is 0 Å². The summed E-state index contributed by atoms with van der Waals surface area (Å²) in [5.41, 5.74) is 0. The Kier molecular flexibility index (Phi) is 4.48. The predicted octanol–water partition coefficient (Wildman–Crippen LogP) is 1.90. The number of amides is 1. The Morgan fingerprint density at radius 1 is 1.05 bits per heavy atom. The van der Waals surface area contributed by atoms with Crippen molar-refractivity contribution in [2.24, 2.45) is 17.8 Å². The third-order valence-corrected chi connectivity index (χ3v) is 5.15. The molecule has 0 radical (unpaired) electrons. The summed E-state index contributed by atoms with van der Waals surface area (Å²) in [6, 6.07) is 0.356. The van der Waals surface area contributed by atoms with Gasteiger partial charge in [-0.15, -0.1) is 0 Å². The number of nitrogens with zero attached hydrogens (tertiary/aromatic N) is 1. The number of carboxylic acid groups (broad SMARTS) is 1. The van der Waals surface area contributed by atoms with Crippen LogP contribution in [-0.4, -0.2) is 47.7 Å². The van der Waals surface area contributed by atoms with Crippen molar-refractivity contribution in [3.8, 4) is 0 Å². The Balaban J connectivity index is 1.68. The average molecular weight is 295 g/mol. The van der Waals surface area contributed by atoms with E-state index in [1.165, 1.54) is 0 Å². The lowest BCUT2D eigenvalue weighted by molar-refractivity contribution is -0.152. The molecule has 0 aromatic carbocycles. The third-order valence-electron chi connectivity index (χ3n) is 5.15. The van der Waals surface area contributed by atoms with Crippen molar-refractivity contribution in [3.05, 3.63) is 0 Å². The van der Waals surface area contributed by atoms with Gasteiger partial charge in [0.05, 0.1) is 18.4 Å². The molecule has 0 bridgehead atoms. The summed E-state index contributed by atoms with van der Waals surface area (Å²) in [5, 5.41) is 9.39. The Morgan fingerprint density at radius 2 is 1.76 bits per heavy atom. The molecule has 1 amide bonds. The highest BCUT2D eigenvalue weighted by Gasteiger charge is 2.42. The van der Waals surface area contributed by atoms with Crippen LogP contribution >= 0.6 is 0 Å². The van der Waals surface area contributed by atoms with Crippen LogP contribution in [0.15, 0.2) is 0 Å². The van der Waals surface area contributed by atoms with Gasteiger partial charge in [0.2, 0.25) is 5.91 Å². The molecule has 1 heterocycles. The molecule has 0 spiro atoms. The fourth-order valence-corrected chi connectivity index (χ4v) is 3.75. The number of carboxylic acids is 1. The number of rotatable bonds is 5. The third kappa shape index (κ3) is 3.39. The SMILES string of the molecule is O=C(O)C1CCCCC1C(=O)N(CC1CCOC1)C1CC1. The quantitative estimate of drug-likeness (QED) is 0.841. The molecule has 3 aliphatic rings. The molecule has 2 aliphatic carbocycles. The molecule has 3 unspecified atom stereocenters. The number of ether oxygens (including phenoxy) is 1. The maximum atomic E-state index is 12.9. The van der Waals surface area contributed by atoms with Gasteiger partial charge in [-0.05, 0) is 32.1 Å². The second-order valence-electron chi connectivity index (χ2n) is 6.79. The zero-order valence-corrected chi connectivity index (χ0v) is 12.5. The molecular weight excluding hydrogens is 270 g/mol. The van der Waals surface area contributed by atoms with E-state index in [9.17, 15) is 14.7 Å². The van der Waals surface area contributed by atoms with Crippen LogP contribution in [-0.2, 0) is 14.3 Å². The lowest BCUT2D eigenvalue weighted by atomic mass is 9.78. The smallest absolute Gasteiger partial charge is 0.307 e. The highest BCUT2D eigenvalue weighted by Crippen LogP contribution is 2.36. The summed E-state index contributed by atoms with van der Waals surface area (Å²) in [6.45, 7) is 2.29. The molecule has 3 rings (SSSR count). The van der Waals surface area contributed by atoms with E-state index in [-0.39, 0.29) is 11.8 Å². The summed E-state index contributed by atoms with van der Waals surface area (Å²) in [7, 11) is 0. The van der Waals surface area contributed by atoms with Gasteiger partial charge in [-0.1, -0.05) is 12.8 Å². The number of carbonyl (C=O) groups is 2. The van der Waals surface area contributed by atoms with Crippen molar-refractivity contribution in [2.75, 3.05) is 19.8 Å². The van der Waals surface area contributed by atoms with Gasteiger partial charge in [0, 0.05) is 25.1 Å². The minimum atomic E-state index is -0.798. The van der Waals surface area contributed by atoms with Crippen molar-refractivity contribution < 1.29 is 19.4 Å². The summed E-state index contributed by atoms with van der Waals surface area (Å²) < 4.78 is 5.41. The normalized spacial score (nSPS) is 32.9. The lowest BCUT2D eigenvalue weighted by Crippen LogP contribution is -2.45. The lowest BCUT2D eigenvalue weighted by Gasteiger charge is -2.34. The molecule has 5 heteroatoms. The van der Waals surface area contributed by atoms with Crippen LogP contribution in [0, 0.1) is 17.8 Å². The number of carbonyl (C=O) groups excluding carboxylic acids is 1. The molecule has 118 valence electrons.